The average molecular weight is 248 g/mol. The highest BCUT2D eigenvalue weighted by atomic mass is 32.1. The van der Waals surface area contributed by atoms with Gasteiger partial charge in [0.05, 0.1) is 16.4 Å². The normalized spacial score (nSPS) is 10.8. The Morgan fingerprint density at radius 1 is 1.29 bits per heavy atom. The fourth-order valence-electron chi connectivity index (χ4n) is 1.37. The second kappa shape index (κ2) is 4.63. The summed E-state index contributed by atoms with van der Waals surface area (Å²) in [6.07, 6.45) is 0. The molecule has 0 bridgehead atoms. The zero-order valence-corrected chi connectivity index (χ0v) is 10.4. The summed E-state index contributed by atoms with van der Waals surface area (Å²) in [5, 5.41) is 11.8. The lowest BCUT2D eigenvalue weighted by atomic mass is 10.2. The van der Waals surface area contributed by atoms with Crippen molar-refractivity contribution in [2.45, 2.75) is 19.8 Å². The number of carbonyl (C=O) groups is 1. The molecule has 0 saturated carbocycles. The Bertz CT molecular complexity index is 549. The first-order valence-electron chi connectivity index (χ1n) is 5.24. The monoisotopic (exact) mass is 248 g/mol. The van der Waals surface area contributed by atoms with Crippen LogP contribution in [0.2, 0.25) is 0 Å². The Hall–Kier alpha value is -1.75. The van der Waals surface area contributed by atoms with E-state index in [1.54, 1.807) is 23.5 Å². The van der Waals surface area contributed by atoms with Gasteiger partial charge in [-0.1, -0.05) is 19.9 Å². The van der Waals surface area contributed by atoms with E-state index in [1.807, 2.05) is 5.38 Å². The van der Waals surface area contributed by atoms with Crippen LogP contribution in [0.1, 0.15) is 35.3 Å². The van der Waals surface area contributed by atoms with Crippen molar-refractivity contribution < 1.29 is 9.90 Å². The molecular weight excluding hydrogens is 236 g/mol. The molecule has 0 aliphatic carbocycles. The largest absolute Gasteiger partial charge is 0.477 e. The van der Waals surface area contributed by atoms with Gasteiger partial charge in [0.25, 0.3) is 0 Å². The van der Waals surface area contributed by atoms with Crippen LogP contribution in [0.4, 0.5) is 0 Å². The predicted octanol–water partition coefficient (Wildman–Crippen LogP) is 3.03. The van der Waals surface area contributed by atoms with Crippen LogP contribution in [0, 0.1) is 0 Å². The van der Waals surface area contributed by atoms with Gasteiger partial charge < -0.3 is 5.11 Å². The maximum atomic E-state index is 10.8. The van der Waals surface area contributed by atoms with Crippen LogP contribution in [0.5, 0.6) is 0 Å². The summed E-state index contributed by atoms with van der Waals surface area (Å²) in [5.74, 6) is -0.650. The molecule has 0 aliphatic rings. The van der Waals surface area contributed by atoms with Crippen molar-refractivity contribution in [1.82, 2.24) is 9.97 Å². The van der Waals surface area contributed by atoms with Gasteiger partial charge >= 0.3 is 5.97 Å². The van der Waals surface area contributed by atoms with E-state index >= 15 is 0 Å². The van der Waals surface area contributed by atoms with Crippen molar-refractivity contribution in [3.63, 3.8) is 0 Å². The summed E-state index contributed by atoms with van der Waals surface area (Å²) in [7, 11) is 0. The minimum absolute atomic E-state index is 0.0431. The molecule has 2 aromatic rings. The van der Waals surface area contributed by atoms with Crippen molar-refractivity contribution >= 4 is 17.3 Å². The van der Waals surface area contributed by atoms with E-state index in [0.29, 0.717) is 11.6 Å². The average Bonchev–Trinajstić information content (AvgIpc) is 2.78. The van der Waals surface area contributed by atoms with Crippen LogP contribution in [-0.4, -0.2) is 21.0 Å². The third kappa shape index (κ3) is 2.50. The van der Waals surface area contributed by atoms with E-state index in [9.17, 15) is 4.79 Å². The number of carboxylic acid groups (broad SMARTS) is 1. The van der Waals surface area contributed by atoms with Crippen molar-refractivity contribution in [2.75, 3.05) is 0 Å². The molecular formula is C12H12N2O2S. The van der Waals surface area contributed by atoms with Crippen molar-refractivity contribution in [3.05, 3.63) is 34.3 Å². The number of hydrogen-bond donors (Lipinski definition) is 1. The molecule has 0 spiro atoms. The zero-order valence-electron chi connectivity index (χ0n) is 9.54. The SMILES string of the molecule is CC(C)c1nc(-c2cccc(C(=O)O)n2)cs1. The maximum absolute atomic E-state index is 10.8. The minimum Gasteiger partial charge on any atom is -0.477 e. The summed E-state index contributed by atoms with van der Waals surface area (Å²) in [5.41, 5.74) is 1.39. The molecule has 2 rings (SSSR count). The molecule has 0 amide bonds. The smallest absolute Gasteiger partial charge is 0.354 e. The first-order chi connectivity index (χ1) is 8.08. The molecule has 0 aliphatic heterocycles. The second-order valence-electron chi connectivity index (χ2n) is 3.94. The quantitative estimate of drug-likeness (QED) is 0.906. The standard InChI is InChI=1S/C12H12N2O2S/c1-7(2)11-14-10(6-17-11)8-4-3-5-9(13-8)12(15)16/h3-7H,1-2H3,(H,15,16). The molecule has 2 heterocycles. The topological polar surface area (TPSA) is 63.1 Å². The molecule has 0 saturated heterocycles. The van der Waals surface area contributed by atoms with E-state index < -0.39 is 5.97 Å². The van der Waals surface area contributed by atoms with Gasteiger partial charge in [-0.05, 0) is 12.1 Å². The Labute approximate surface area is 103 Å². The van der Waals surface area contributed by atoms with Crippen molar-refractivity contribution in [3.8, 4) is 11.4 Å². The van der Waals surface area contributed by atoms with Gasteiger partial charge in [0.15, 0.2) is 0 Å². The molecule has 1 N–H and O–H groups in total. The predicted molar refractivity (Wildman–Crippen MR) is 66.4 cm³/mol. The Morgan fingerprint density at radius 2 is 2.06 bits per heavy atom. The van der Waals surface area contributed by atoms with E-state index in [4.69, 9.17) is 5.11 Å². The first kappa shape index (κ1) is 11.7. The molecule has 0 aromatic carbocycles. The van der Waals surface area contributed by atoms with Crippen molar-refractivity contribution in [1.29, 1.82) is 0 Å². The molecule has 0 fully saturated rings. The highest BCUT2D eigenvalue weighted by Gasteiger charge is 2.10. The molecule has 17 heavy (non-hydrogen) atoms. The molecule has 5 heteroatoms. The number of thiazole rings is 1. The second-order valence-corrected chi connectivity index (χ2v) is 4.83. The Balaban J connectivity index is 2.38. The van der Waals surface area contributed by atoms with Crippen LogP contribution in [0.15, 0.2) is 23.6 Å². The summed E-state index contributed by atoms with van der Waals surface area (Å²) < 4.78 is 0. The molecule has 0 unspecified atom stereocenters. The molecule has 0 radical (unpaired) electrons. The fourth-order valence-corrected chi connectivity index (χ4v) is 2.20. The van der Waals surface area contributed by atoms with Gasteiger partial charge in [-0.2, -0.15) is 0 Å². The minimum atomic E-state index is -1.02. The van der Waals surface area contributed by atoms with Gasteiger partial charge in [0.2, 0.25) is 0 Å². The van der Waals surface area contributed by atoms with E-state index in [0.717, 1.165) is 10.7 Å². The van der Waals surface area contributed by atoms with Gasteiger partial charge in [-0.15, -0.1) is 11.3 Å². The number of pyridine rings is 1. The summed E-state index contributed by atoms with van der Waals surface area (Å²) in [6.45, 7) is 4.15. The fraction of sp³-hybridized carbons (Fsp3) is 0.250. The van der Waals surface area contributed by atoms with E-state index in [2.05, 4.69) is 23.8 Å². The van der Waals surface area contributed by atoms with Crippen LogP contribution in [0.25, 0.3) is 11.4 Å². The summed E-state index contributed by atoms with van der Waals surface area (Å²) in [4.78, 5) is 19.3. The summed E-state index contributed by atoms with van der Waals surface area (Å²) >= 11 is 1.57. The van der Waals surface area contributed by atoms with Gasteiger partial charge in [0.1, 0.15) is 5.69 Å². The third-order valence-corrected chi connectivity index (χ3v) is 3.39. The Morgan fingerprint density at radius 3 is 2.65 bits per heavy atom. The number of aromatic nitrogens is 2. The highest BCUT2D eigenvalue weighted by Crippen LogP contribution is 2.25. The first-order valence-corrected chi connectivity index (χ1v) is 6.12. The lowest BCUT2D eigenvalue weighted by Crippen LogP contribution is -2.00. The van der Waals surface area contributed by atoms with Crippen LogP contribution in [-0.2, 0) is 0 Å². The lowest BCUT2D eigenvalue weighted by molar-refractivity contribution is 0.0690. The van der Waals surface area contributed by atoms with Gasteiger partial charge in [0, 0.05) is 11.3 Å². The maximum Gasteiger partial charge on any atom is 0.354 e. The number of carboxylic acids is 1. The van der Waals surface area contributed by atoms with Gasteiger partial charge in [-0.3, -0.25) is 0 Å². The molecule has 2 aromatic heterocycles. The summed E-state index contributed by atoms with van der Waals surface area (Å²) in [6, 6.07) is 4.92. The van der Waals surface area contributed by atoms with E-state index in [-0.39, 0.29) is 5.69 Å². The Kier molecular flexibility index (Phi) is 3.19. The lowest BCUT2D eigenvalue weighted by Gasteiger charge is -1.99. The van der Waals surface area contributed by atoms with Crippen molar-refractivity contribution in [2.24, 2.45) is 0 Å². The third-order valence-electron chi connectivity index (χ3n) is 2.25. The highest BCUT2D eigenvalue weighted by molar-refractivity contribution is 7.10. The van der Waals surface area contributed by atoms with Gasteiger partial charge in [-0.25, -0.2) is 14.8 Å². The van der Waals surface area contributed by atoms with Crippen LogP contribution < -0.4 is 0 Å². The van der Waals surface area contributed by atoms with Crippen LogP contribution in [0.3, 0.4) is 0 Å². The number of hydrogen-bond acceptors (Lipinski definition) is 4. The van der Waals surface area contributed by atoms with Crippen LogP contribution >= 0.6 is 11.3 Å². The number of nitrogens with zero attached hydrogens (tertiary/aromatic N) is 2. The van der Waals surface area contributed by atoms with E-state index in [1.165, 1.54) is 6.07 Å². The molecule has 0 atom stereocenters. The molecule has 4 nitrogen and oxygen atoms in total. The number of rotatable bonds is 3. The number of aromatic carboxylic acids is 1. The molecule has 88 valence electrons. The zero-order chi connectivity index (χ0) is 12.4.